The molecule has 0 fully saturated rings. The highest BCUT2D eigenvalue weighted by Crippen LogP contribution is 2.17. The van der Waals surface area contributed by atoms with Crippen LogP contribution in [0, 0.1) is 0 Å². The highest BCUT2D eigenvalue weighted by atomic mass is 16.6. The third-order valence-electron chi connectivity index (χ3n) is 3.69. The normalized spacial score (nSPS) is 10.8. The van der Waals surface area contributed by atoms with Crippen LogP contribution < -0.4 is 10.4 Å². The van der Waals surface area contributed by atoms with Gasteiger partial charge in [0.2, 0.25) is 5.91 Å². The van der Waals surface area contributed by atoms with Gasteiger partial charge in [-0.3, -0.25) is 4.79 Å². The van der Waals surface area contributed by atoms with Crippen LogP contribution in [0.4, 0.5) is 10.5 Å². The molecule has 0 aromatic heterocycles. The molecule has 0 bridgehead atoms. The predicted octanol–water partition coefficient (Wildman–Crippen LogP) is 3.79. The lowest BCUT2D eigenvalue weighted by Crippen LogP contribution is -2.48. The smallest absolute Gasteiger partial charge is 0.427 e. The van der Waals surface area contributed by atoms with Crippen molar-refractivity contribution in [2.45, 2.75) is 39.2 Å². The van der Waals surface area contributed by atoms with Crippen LogP contribution in [-0.2, 0) is 16.0 Å². The number of aromatic carboxylic acids is 1. The standard InChI is InChI=1S/C21H24N2O5/c1-21(2,3)28-20(27)22-23(17-12-10-16(11-13-17)19(25)26)18(24)14-9-15-7-5-4-6-8-15/h4-8,10-13H,9,14H2,1-3H3,(H,22,27)(H,25,26). The molecule has 2 amide bonds. The molecule has 0 radical (unpaired) electrons. The monoisotopic (exact) mass is 384 g/mol. The fourth-order valence-corrected chi connectivity index (χ4v) is 2.42. The number of hydrazine groups is 1. The minimum atomic E-state index is -1.08. The van der Waals surface area contributed by atoms with E-state index in [1.54, 1.807) is 20.8 Å². The van der Waals surface area contributed by atoms with E-state index in [2.05, 4.69) is 5.43 Å². The number of carboxylic acids is 1. The molecule has 0 saturated heterocycles. The summed E-state index contributed by atoms with van der Waals surface area (Å²) in [6.45, 7) is 5.15. The summed E-state index contributed by atoms with van der Waals surface area (Å²) in [5, 5.41) is 10.1. The number of ether oxygens (including phenoxy) is 1. The molecule has 0 spiro atoms. The molecule has 0 atom stereocenters. The van der Waals surface area contributed by atoms with Crippen LogP contribution in [0.25, 0.3) is 0 Å². The molecule has 7 nitrogen and oxygen atoms in total. The van der Waals surface area contributed by atoms with E-state index in [-0.39, 0.29) is 17.9 Å². The van der Waals surface area contributed by atoms with Gasteiger partial charge in [0.05, 0.1) is 11.3 Å². The summed E-state index contributed by atoms with van der Waals surface area (Å²) in [7, 11) is 0. The van der Waals surface area contributed by atoms with Crippen molar-refractivity contribution in [1.29, 1.82) is 0 Å². The average molecular weight is 384 g/mol. The topological polar surface area (TPSA) is 95.9 Å². The minimum Gasteiger partial charge on any atom is -0.478 e. The minimum absolute atomic E-state index is 0.0812. The van der Waals surface area contributed by atoms with Gasteiger partial charge >= 0.3 is 12.1 Å². The zero-order valence-electron chi connectivity index (χ0n) is 16.1. The van der Waals surface area contributed by atoms with Crippen molar-refractivity contribution in [3.05, 3.63) is 65.7 Å². The zero-order chi connectivity index (χ0) is 20.7. The molecule has 0 aliphatic carbocycles. The number of rotatable bonds is 5. The van der Waals surface area contributed by atoms with Gasteiger partial charge in [-0.1, -0.05) is 30.3 Å². The van der Waals surface area contributed by atoms with Gasteiger partial charge < -0.3 is 9.84 Å². The van der Waals surface area contributed by atoms with Gasteiger partial charge in [0.25, 0.3) is 0 Å². The Morgan fingerprint density at radius 2 is 1.61 bits per heavy atom. The lowest BCUT2D eigenvalue weighted by Gasteiger charge is -2.26. The molecule has 0 aliphatic heterocycles. The number of hydrogen-bond acceptors (Lipinski definition) is 4. The van der Waals surface area contributed by atoms with Gasteiger partial charge in [0, 0.05) is 6.42 Å². The number of carbonyl (C=O) groups is 3. The van der Waals surface area contributed by atoms with Crippen molar-refractivity contribution in [2.75, 3.05) is 5.01 Å². The number of carboxylic acid groups (broad SMARTS) is 1. The second-order valence-electron chi connectivity index (χ2n) is 7.18. The number of carbonyl (C=O) groups excluding carboxylic acids is 2. The van der Waals surface area contributed by atoms with Crippen LogP contribution >= 0.6 is 0 Å². The van der Waals surface area contributed by atoms with Crippen molar-refractivity contribution in [2.24, 2.45) is 0 Å². The number of anilines is 1. The molecular weight excluding hydrogens is 360 g/mol. The van der Waals surface area contributed by atoms with Gasteiger partial charge in [-0.25, -0.2) is 20.0 Å². The molecule has 2 N–H and O–H groups in total. The number of aryl methyl sites for hydroxylation is 1. The SMILES string of the molecule is CC(C)(C)OC(=O)NN(C(=O)CCc1ccccc1)c1ccc(C(=O)O)cc1. The van der Waals surface area contributed by atoms with Crippen LogP contribution in [-0.4, -0.2) is 28.7 Å². The summed E-state index contributed by atoms with van der Waals surface area (Å²) in [5.74, 6) is -1.42. The molecule has 148 valence electrons. The van der Waals surface area contributed by atoms with E-state index in [9.17, 15) is 14.4 Å². The maximum atomic E-state index is 12.8. The molecule has 0 saturated carbocycles. The second kappa shape index (κ2) is 9.03. The first-order valence-electron chi connectivity index (χ1n) is 8.85. The maximum absolute atomic E-state index is 12.8. The first-order valence-corrected chi connectivity index (χ1v) is 8.85. The van der Waals surface area contributed by atoms with E-state index in [0.29, 0.717) is 12.1 Å². The number of benzene rings is 2. The zero-order valence-corrected chi connectivity index (χ0v) is 16.1. The average Bonchev–Trinajstić information content (AvgIpc) is 2.63. The third kappa shape index (κ3) is 6.42. The summed E-state index contributed by atoms with van der Waals surface area (Å²) in [5.41, 5.74) is 3.14. The first-order chi connectivity index (χ1) is 13.2. The molecule has 0 heterocycles. The molecule has 7 heteroatoms. The van der Waals surface area contributed by atoms with Crippen molar-refractivity contribution < 1.29 is 24.2 Å². The number of amides is 2. The first kappa shape index (κ1) is 21.0. The van der Waals surface area contributed by atoms with Crippen LogP contribution in [0.1, 0.15) is 43.1 Å². The highest BCUT2D eigenvalue weighted by Gasteiger charge is 2.23. The van der Waals surface area contributed by atoms with Crippen LogP contribution in [0.3, 0.4) is 0 Å². The summed E-state index contributed by atoms with van der Waals surface area (Å²) in [6, 6.07) is 15.2. The van der Waals surface area contributed by atoms with Crippen LogP contribution in [0.2, 0.25) is 0 Å². The molecule has 2 aromatic rings. The summed E-state index contributed by atoms with van der Waals surface area (Å²) < 4.78 is 5.23. The fourth-order valence-electron chi connectivity index (χ4n) is 2.42. The second-order valence-corrected chi connectivity index (χ2v) is 7.18. The van der Waals surface area contributed by atoms with Gasteiger partial charge in [0.15, 0.2) is 0 Å². The molecule has 2 aromatic carbocycles. The molecule has 0 aliphatic rings. The summed E-state index contributed by atoms with van der Waals surface area (Å²) >= 11 is 0. The van der Waals surface area contributed by atoms with E-state index in [1.807, 2.05) is 30.3 Å². The van der Waals surface area contributed by atoms with Crippen LogP contribution in [0.5, 0.6) is 0 Å². The Balaban J connectivity index is 2.18. The fraction of sp³-hybridized carbons (Fsp3) is 0.286. The highest BCUT2D eigenvalue weighted by molar-refractivity contribution is 5.96. The number of nitrogens with one attached hydrogen (secondary N) is 1. The van der Waals surface area contributed by atoms with Gasteiger partial charge in [0.1, 0.15) is 5.60 Å². The Labute approximate surface area is 163 Å². The molecule has 28 heavy (non-hydrogen) atoms. The molecular formula is C21H24N2O5. The Kier molecular flexibility index (Phi) is 6.76. The molecule has 0 unspecified atom stereocenters. The quantitative estimate of drug-likeness (QED) is 0.765. The van der Waals surface area contributed by atoms with Gasteiger partial charge in [-0.2, -0.15) is 0 Å². The van der Waals surface area contributed by atoms with E-state index in [4.69, 9.17) is 9.84 Å². The Hall–Kier alpha value is -3.35. The van der Waals surface area contributed by atoms with E-state index >= 15 is 0 Å². The van der Waals surface area contributed by atoms with E-state index in [0.717, 1.165) is 10.6 Å². The lowest BCUT2D eigenvalue weighted by atomic mass is 10.1. The van der Waals surface area contributed by atoms with Crippen molar-refractivity contribution in [3.8, 4) is 0 Å². The van der Waals surface area contributed by atoms with Crippen molar-refractivity contribution in [3.63, 3.8) is 0 Å². The summed E-state index contributed by atoms with van der Waals surface area (Å²) in [4.78, 5) is 36.0. The van der Waals surface area contributed by atoms with Crippen molar-refractivity contribution >= 4 is 23.7 Å². The van der Waals surface area contributed by atoms with E-state index in [1.165, 1.54) is 24.3 Å². The maximum Gasteiger partial charge on any atom is 0.427 e. The Morgan fingerprint density at radius 3 is 2.14 bits per heavy atom. The van der Waals surface area contributed by atoms with Gasteiger partial charge in [-0.15, -0.1) is 0 Å². The Morgan fingerprint density at radius 1 is 1.00 bits per heavy atom. The third-order valence-corrected chi connectivity index (χ3v) is 3.69. The predicted molar refractivity (Wildman–Crippen MR) is 105 cm³/mol. The number of hydrogen-bond donors (Lipinski definition) is 2. The van der Waals surface area contributed by atoms with Crippen LogP contribution in [0.15, 0.2) is 54.6 Å². The number of nitrogens with zero attached hydrogens (tertiary/aromatic N) is 1. The summed E-state index contributed by atoms with van der Waals surface area (Å²) in [6.07, 6.45) is -0.122. The van der Waals surface area contributed by atoms with Gasteiger partial charge in [-0.05, 0) is 57.0 Å². The lowest BCUT2D eigenvalue weighted by molar-refractivity contribution is -0.119. The Bertz CT molecular complexity index is 826. The van der Waals surface area contributed by atoms with E-state index < -0.39 is 17.7 Å². The largest absolute Gasteiger partial charge is 0.478 e. The van der Waals surface area contributed by atoms with Crippen molar-refractivity contribution in [1.82, 2.24) is 5.43 Å². The molecule has 2 rings (SSSR count).